The summed E-state index contributed by atoms with van der Waals surface area (Å²) in [5, 5.41) is 4.55. The molecule has 0 aromatic heterocycles. The summed E-state index contributed by atoms with van der Waals surface area (Å²) in [5.41, 5.74) is 0. The van der Waals surface area contributed by atoms with Crippen LogP contribution in [0.3, 0.4) is 0 Å². The van der Waals surface area contributed by atoms with Crippen LogP contribution in [0.5, 0.6) is 0 Å². The number of sulfonamides is 1. The van der Waals surface area contributed by atoms with Crippen LogP contribution in [0.15, 0.2) is 0 Å². The monoisotopic (exact) mass is 179 g/mol. The highest BCUT2D eigenvalue weighted by atomic mass is 32.2. The van der Waals surface area contributed by atoms with Crippen LogP contribution in [-0.2, 0) is 10.0 Å². The van der Waals surface area contributed by atoms with Crippen LogP contribution < -0.4 is 5.14 Å². The highest BCUT2D eigenvalue weighted by Gasteiger charge is 2.13. The summed E-state index contributed by atoms with van der Waals surface area (Å²) in [5.74, 6) is 0. The molecule has 0 amide bonds. The van der Waals surface area contributed by atoms with E-state index in [-0.39, 0.29) is 5.25 Å². The molecule has 0 aromatic carbocycles. The Hall–Kier alpha value is -0.0900. The van der Waals surface area contributed by atoms with Crippen LogP contribution in [0.1, 0.15) is 39.5 Å². The second-order valence-corrected chi connectivity index (χ2v) is 4.88. The molecule has 3 nitrogen and oxygen atoms in total. The molecule has 4 heteroatoms. The second kappa shape index (κ2) is 4.72. The van der Waals surface area contributed by atoms with Crippen molar-refractivity contribution in [3.63, 3.8) is 0 Å². The lowest BCUT2D eigenvalue weighted by Gasteiger charge is -2.06. The minimum atomic E-state index is -3.28. The summed E-state index contributed by atoms with van der Waals surface area (Å²) in [6, 6.07) is 0. The summed E-state index contributed by atoms with van der Waals surface area (Å²) in [4.78, 5) is 0. The molecule has 1 atom stereocenters. The van der Waals surface area contributed by atoms with Gasteiger partial charge in [0.15, 0.2) is 0 Å². The molecule has 0 aliphatic heterocycles. The van der Waals surface area contributed by atoms with Gasteiger partial charge >= 0.3 is 0 Å². The lowest BCUT2D eigenvalue weighted by Crippen LogP contribution is -2.25. The smallest absolute Gasteiger partial charge is 0.211 e. The molecule has 0 fully saturated rings. The normalized spacial score (nSPS) is 14.8. The van der Waals surface area contributed by atoms with Crippen molar-refractivity contribution < 1.29 is 8.42 Å². The van der Waals surface area contributed by atoms with Crippen molar-refractivity contribution in [3.8, 4) is 0 Å². The molecule has 0 saturated heterocycles. The largest absolute Gasteiger partial charge is 0.228 e. The SMILES string of the molecule is CCCCCC(C)S(N)(=O)=O. The third-order valence-electron chi connectivity index (χ3n) is 1.78. The van der Waals surface area contributed by atoms with Crippen LogP contribution in [0, 0.1) is 0 Å². The fourth-order valence-electron chi connectivity index (χ4n) is 0.846. The third-order valence-corrected chi connectivity index (χ3v) is 3.13. The number of rotatable bonds is 5. The van der Waals surface area contributed by atoms with Crippen molar-refractivity contribution in [1.82, 2.24) is 0 Å². The molecule has 0 saturated carbocycles. The zero-order chi connectivity index (χ0) is 8.91. The van der Waals surface area contributed by atoms with Gasteiger partial charge in [0, 0.05) is 0 Å². The lowest BCUT2D eigenvalue weighted by atomic mass is 10.2. The fourth-order valence-corrected chi connectivity index (χ4v) is 1.34. The van der Waals surface area contributed by atoms with Gasteiger partial charge in [0.05, 0.1) is 5.25 Å². The van der Waals surface area contributed by atoms with E-state index < -0.39 is 10.0 Å². The van der Waals surface area contributed by atoms with Crippen molar-refractivity contribution in [2.45, 2.75) is 44.8 Å². The summed E-state index contributed by atoms with van der Waals surface area (Å²) in [7, 11) is -3.28. The molecule has 11 heavy (non-hydrogen) atoms. The average molecular weight is 179 g/mol. The van der Waals surface area contributed by atoms with Crippen LogP contribution in [0.4, 0.5) is 0 Å². The molecule has 0 aliphatic carbocycles. The van der Waals surface area contributed by atoms with Crippen molar-refractivity contribution >= 4 is 10.0 Å². The maximum atomic E-state index is 10.7. The first kappa shape index (κ1) is 10.9. The molecule has 2 N–H and O–H groups in total. The van der Waals surface area contributed by atoms with Crippen LogP contribution in [0.2, 0.25) is 0 Å². The van der Waals surface area contributed by atoms with E-state index in [9.17, 15) is 8.42 Å². The second-order valence-electron chi connectivity index (χ2n) is 2.90. The van der Waals surface area contributed by atoms with E-state index in [1.807, 2.05) is 0 Å². The van der Waals surface area contributed by atoms with Gasteiger partial charge in [-0.3, -0.25) is 0 Å². The summed E-state index contributed by atoms with van der Waals surface area (Å²) in [6.45, 7) is 3.74. The van der Waals surface area contributed by atoms with E-state index in [0.29, 0.717) is 6.42 Å². The van der Waals surface area contributed by atoms with E-state index in [0.717, 1.165) is 19.3 Å². The number of primary sulfonamides is 1. The molecule has 0 aromatic rings. The Morgan fingerprint density at radius 1 is 1.36 bits per heavy atom. The van der Waals surface area contributed by atoms with Gasteiger partial charge in [0.25, 0.3) is 0 Å². The number of unbranched alkanes of at least 4 members (excludes halogenated alkanes) is 2. The van der Waals surface area contributed by atoms with Crippen molar-refractivity contribution in [2.75, 3.05) is 0 Å². The predicted octanol–water partition coefficient (Wildman–Crippen LogP) is 1.24. The molecule has 0 aliphatic rings. The maximum Gasteiger partial charge on any atom is 0.211 e. The predicted molar refractivity (Wildman–Crippen MR) is 46.7 cm³/mol. The number of nitrogens with two attached hydrogens (primary N) is 1. The van der Waals surface area contributed by atoms with E-state index >= 15 is 0 Å². The Kier molecular flexibility index (Phi) is 4.68. The molecule has 0 rings (SSSR count). The van der Waals surface area contributed by atoms with Gasteiger partial charge in [0.2, 0.25) is 10.0 Å². The minimum Gasteiger partial charge on any atom is -0.228 e. The standard InChI is InChI=1S/C7H17NO2S/c1-3-4-5-6-7(2)11(8,9)10/h7H,3-6H2,1-2H3,(H2,8,9,10). The highest BCUT2D eigenvalue weighted by Crippen LogP contribution is 2.07. The molecule has 0 spiro atoms. The van der Waals surface area contributed by atoms with Crippen LogP contribution in [-0.4, -0.2) is 13.7 Å². The fraction of sp³-hybridized carbons (Fsp3) is 1.00. The van der Waals surface area contributed by atoms with Gasteiger partial charge in [0.1, 0.15) is 0 Å². The molecular weight excluding hydrogens is 162 g/mol. The topological polar surface area (TPSA) is 60.2 Å². The van der Waals surface area contributed by atoms with Crippen LogP contribution >= 0.6 is 0 Å². The van der Waals surface area contributed by atoms with Crippen molar-refractivity contribution in [2.24, 2.45) is 5.14 Å². The molecule has 68 valence electrons. The van der Waals surface area contributed by atoms with Gasteiger partial charge in [-0.1, -0.05) is 26.2 Å². The summed E-state index contributed by atoms with van der Waals surface area (Å²) < 4.78 is 21.4. The van der Waals surface area contributed by atoms with Gasteiger partial charge in [-0.25, -0.2) is 13.6 Å². The maximum absolute atomic E-state index is 10.7. The Balaban J connectivity index is 3.62. The summed E-state index contributed by atoms with van der Waals surface area (Å²) in [6.07, 6.45) is 3.83. The Labute approximate surface area is 69.0 Å². The molecule has 0 heterocycles. The average Bonchev–Trinajstić information content (AvgIpc) is 1.86. The zero-order valence-corrected chi connectivity index (χ0v) is 8.02. The summed E-state index contributed by atoms with van der Waals surface area (Å²) >= 11 is 0. The third kappa shape index (κ3) is 5.21. The first-order valence-electron chi connectivity index (χ1n) is 4.00. The van der Waals surface area contributed by atoms with E-state index in [4.69, 9.17) is 5.14 Å². The van der Waals surface area contributed by atoms with Crippen LogP contribution in [0.25, 0.3) is 0 Å². The first-order chi connectivity index (χ1) is 4.98. The van der Waals surface area contributed by atoms with Gasteiger partial charge < -0.3 is 0 Å². The molecule has 1 unspecified atom stereocenters. The molecule has 0 bridgehead atoms. The number of hydrogen-bond donors (Lipinski definition) is 1. The van der Waals surface area contributed by atoms with Gasteiger partial charge in [-0.05, 0) is 13.3 Å². The van der Waals surface area contributed by atoms with Crippen molar-refractivity contribution in [1.29, 1.82) is 0 Å². The highest BCUT2D eigenvalue weighted by molar-refractivity contribution is 7.89. The quantitative estimate of drug-likeness (QED) is 0.645. The molecular formula is C7H17NO2S. The Morgan fingerprint density at radius 2 is 1.91 bits per heavy atom. The molecule has 0 radical (unpaired) electrons. The van der Waals surface area contributed by atoms with E-state index in [1.165, 1.54) is 0 Å². The van der Waals surface area contributed by atoms with Gasteiger partial charge in [-0.15, -0.1) is 0 Å². The lowest BCUT2D eigenvalue weighted by molar-refractivity contribution is 0.569. The van der Waals surface area contributed by atoms with E-state index in [1.54, 1.807) is 6.92 Å². The van der Waals surface area contributed by atoms with E-state index in [2.05, 4.69) is 6.92 Å². The van der Waals surface area contributed by atoms with Gasteiger partial charge in [-0.2, -0.15) is 0 Å². The Bertz CT molecular complexity index is 187. The Morgan fingerprint density at radius 3 is 2.27 bits per heavy atom. The number of hydrogen-bond acceptors (Lipinski definition) is 2. The zero-order valence-electron chi connectivity index (χ0n) is 7.21. The van der Waals surface area contributed by atoms with Crippen molar-refractivity contribution in [3.05, 3.63) is 0 Å². The first-order valence-corrected chi connectivity index (χ1v) is 5.61. The minimum absolute atomic E-state index is 0.381.